The summed E-state index contributed by atoms with van der Waals surface area (Å²) in [6.07, 6.45) is 0. The van der Waals surface area contributed by atoms with Gasteiger partial charge in [-0.25, -0.2) is 15.0 Å². The molecule has 10 rings (SSSR count). The fourth-order valence-corrected chi connectivity index (χ4v) is 8.12. The van der Waals surface area contributed by atoms with Gasteiger partial charge >= 0.3 is 0 Å². The van der Waals surface area contributed by atoms with Crippen LogP contribution >= 0.6 is 11.3 Å². The first-order chi connectivity index (χ1) is 27.3. The van der Waals surface area contributed by atoms with Crippen LogP contribution in [0.2, 0.25) is 0 Å². The van der Waals surface area contributed by atoms with Crippen molar-refractivity contribution in [1.82, 2.24) is 15.0 Å². The van der Waals surface area contributed by atoms with Crippen LogP contribution in [0.15, 0.2) is 176 Å². The summed E-state index contributed by atoms with van der Waals surface area (Å²) in [4.78, 5) is 15.4. The second-order valence-electron chi connectivity index (χ2n) is 12.5. The standard InChI is InChI=1S/C47H29N3S/c1-3-12-30(13-4-1)38-28-40(33-16-5-2-6-17-33)44-41(29-38)43-39(20-11-21-42(43)51-44)47-49-45(36-24-22-31-14-7-9-18-34(31)26-36)48-46(50-47)37-25-23-32-15-8-10-19-35(32)27-37/h1-29H/i2D,5D,6D,16D,17D. The lowest BCUT2D eigenvalue weighted by atomic mass is 9.95. The molecule has 3 nitrogen and oxygen atoms in total. The lowest BCUT2D eigenvalue weighted by Crippen LogP contribution is -2.00. The molecular formula is C47H29N3S. The number of rotatable bonds is 5. The molecule has 0 fully saturated rings. The first kappa shape index (κ1) is 24.6. The van der Waals surface area contributed by atoms with Crippen molar-refractivity contribution in [2.45, 2.75) is 0 Å². The SMILES string of the molecule is [2H]c1c([2H])c([2H])c(-c2cc(-c3ccccc3)cc3c2sc2cccc(-c4nc(-c5ccc6ccccc6c5)nc(-c5ccc6ccccc6c5)n4)c23)c([2H])c1[2H]. The molecule has 0 unspecified atom stereocenters. The summed E-state index contributed by atoms with van der Waals surface area (Å²) < 4.78 is 45.0. The number of hydrogen-bond donors (Lipinski definition) is 0. The minimum Gasteiger partial charge on any atom is -0.208 e. The zero-order valence-electron chi connectivity index (χ0n) is 32.1. The van der Waals surface area contributed by atoms with Gasteiger partial charge in [0.1, 0.15) is 0 Å². The van der Waals surface area contributed by atoms with Crippen LogP contribution in [-0.4, -0.2) is 15.0 Å². The Kier molecular flexibility index (Phi) is 5.85. The molecule has 238 valence electrons. The fraction of sp³-hybridized carbons (Fsp3) is 0. The van der Waals surface area contributed by atoms with E-state index in [0.29, 0.717) is 23.0 Å². The molecule has 10 aromatic rings. The number of aromatic nitrogens is 3. The minimum atomic E-state index is -0.419. The number of benzene rings is 8. The summed E-state index contributed by atoms with van der Waals surface area (Å²) >= 11 is 1.53. The van der Waals surface area contributed by atoms with E-state index in [4.69, 9.17) is 21.8 Å². The third kappa shape index (κ3) is 5.25. The van der Waals surface area contributed by atoms with E-state index in [9.17, 15) is 0 Å². The molecule has 0 aliphatic heterocycles. The summed E-state index contributed by atoms with van der Waals surface area (Å²) in [5, 5.41) is 6.21. The van der Waals surface area contributed by atoms with Gasteiger partial charge in [-0.2, -0.15) is 0 Å². The summed E-state index contributed by atoms with van der Waals surface area (Å²) in [7, 11) is 0. The molecule has 0 atom stereocenters. The molecule has 0 saturated heterocycles. The van der Waals surface area contributed by atoms with Crippen LogP contribution in [0.3, 0.4) is 0 Å². The number of fused-ring (bicyclic) bond motifs is 5. The Labute approximate surface area is 306 Å². The Bertz CT molecular complexity index is 3090. The van der Waals surface area contributed by atoms with Crippen molar-refractivity contribution in [1.29, 1.82) is 0 Å². The lowest BCUT2D eigenvalue weighted by Gasteiger charge is -2.11. The van der Waals surface area contributed by atoms with E-state index in [1.807, 2.05) is 91.0 Å². The highest BCUT2D eigenvalue weighted by molar-refractivity contribution is 7.26. The van der Waals surface area contributed by atoms with Crippen LogP contribution in [-0.2, 0) is 0 Å². The van der Waals surface area contributed by atoms with E-state index >= 15 is 0 Å². The smallest absolute Gasteiger partial charge is 0.164 e. The Morgan fingerprint density at radius 2 is 1.02 bits per heavy atom. The maximum absolute atomic E-state index is 8.95. The van der Waals surface area contributed by atoms with E-state index in [0.717, 1.165) is 69.5 Å². The molecule has 0 amide bonds. The molecule has 0 aliphatic rings. The van der Waals surface area contributed by atoms with Crippen molar-refractivity contribution in [3.8, 4) is 56.4 Å². The van der Waals surface area contributed by atoms with Crippen molar-refractivity contribution in [3.05, 3.63) is 176 Å². The third-order valence-electron chi connectivity index (χ3n) is 9.36. The monoisotopic (exact) mass is 672 g/mol. The van der Waals surface area contributed by atoms with Crippen molar-refractivity contribution in [3.63, 3.8) is 0 Å². The predicted molar refractivity (Wildman–Crippen MR) is 215 cm³/mol. The zero-order valence-corrected chi connectivity index (χ0v) is 27.9. The first-order valence-electron chi connectivity index (χ1n) is 19.2. The van der Waals surface area contributed by atoms with E-state index < -0.39 is 6.04 Å². The fourth-order valence-electron chi connectivity index (χ4n) is 6.89. The second kappa shape index (κ2) is 12.1. The van der Waals surface area contributed by atoms with Crippen molar-refractivity contribution < 1.29 is 6.85 Å². The molecule has 8 aromatic carbocycles. The highest BCUT2D eigenvalue weighted by Crippen LogP contribution is 2.45. The van der Waals surface area contributed by atoms with Crippen LogP contribution in [0.25, 0.3) is 98.1 Å². The van der Waals surface area contributed by atoms with E-state index in [2.05, 4.69) is 54.6 Å². The molecule has 0 N–H and O–H groups in total. The van der Waals surface area contributed by atoms with E-state index in [-0.39, 0.29) is 29.7 Å². The summed E-state index contributed by atoms with van der Waals surface area (Å²) in [5.41, 5.74) is 5.09. The highest BCUT2D eigenvalue weighted by atomic mass is 32.1. The topological polar surface area (TPSA) is 38.7 Å². The van der Waals surface area contributed by atoms with Gasteiger partial charge in [0.15, 0.2) is 17.5 Å². The van der Waals surface area contributed by atoms with Crippen LogP contribution in [0.5, 0.6) is 0 Å². The van der Waals surface area contributed by atoms with Gasteiger partial charge in [0, 0.05) is 42.4 Å². The predicted octanol–water partition coefficient (Wildman–Crippen LogP) is 12.9. The third-order valence-corrected chi connectivity index (χ3v) is 10.6. The van der Waals surface area contributed by atoms with Crippen LogP contribution in [0, 0.1) is 0 Å². The van der Waals surface area contributed by atoms with Gasteiger partial charge in [-0.15, -0.1) is 11.3 Å². The van der Waals surface area contributed by atoms with Crippen LogP contribution < -0.4 is 0 Å². The lowest BCUT2D eigenvalue weighted by molar-refractivity contribution is 1.08. The number of hydrogen-bond acceptors (Lipinski definition) is 4. The molecule has 0 aliphatic carbocycles. The van der Waals surface area contributed by atoms with Crippen molar-refractivity contribution in [2.75, 3.05) is 0 Å². The molecule has 51 heavy (non-hydrogen) atoms. The Balaban J connectivity index is 1.27. The first-order valence-corrected chi connectivity index (χ1v) is 17.5. The molecule has 0 radical (unpaired) electrons. The molecule has 2 heterocycles. The summed E-state index contributed by atoms with van der Waals surface area (Å²) in [5.74, 6) is 1.60. The van der Waals surface area contributed by atoms with Gasteiger partial charge in [-0.3, -0.25) is 0 Å². The maximum Gasteiger partial charge on any atom is 0.164 e. The van der Waals surface area contributed by atoms with Gasteiger partial charge in [-0.1, -0.05) is 145 Å². The molecule has 0 saturated carbocycles. The van der Waals surface area contributed by atoms with Gasteiger partial charge in [-0.05, 0) is 68.6 Å². The molecule has 0 spiro atoms. The average molecular weight is 673 g/mol. The van der Waals surface area contributed by atoms with E-state index in [1.165, 1.54) is 11.3 Å². The van der Waals surface area contributed by atoms with E-state index in [1.54, 1.807) is 0 Å². The quantitative estimate of drug-likeness (QED) is 0.183. The highest BCUT2D eigenvalue weighted by Gasteiger charge is 2.20. The minimum absolute atomic E-state index is 0.171. The molecule has 4 heteroatoms. The number of nitrogens with zero attached hydrogens (tertiary/aromatic N) is 3. The van der Waals surface area contributed by atoms with Gasteiger partial charge < -0.3 is 0 Å². The summed E-state index contributed by atoms with van der Waals surface area (Å²) in [6.45, 7) is 0. The Morgan fingerprint density at radius 1 is 0.412 bits per heavy atom. The second-order valence-corrected chi connectivity index (χ2v) is 13.5. The van der Waals surface area contributed by atoms with Crippen molar-refractivity contribution in [2.24, 2.45) is 0 Å². The van der Waals surface area contributed by atoms with Crippen LogP contribution in [0.1, 0.15) is 6.85 Å². The largest absolute Gasteiger partial charge is 0.208 e. The number of thiophene rings is 1. The molecule has 0 bridgehead atoms. The molecule has 2 aromatic heterocycles. The van der Waals surface area contributed by atoms with Crippen molar-refractivity contribution >= 4 is 53.1 Å². The van der Waals surface area contributed by atoms with Gasteiger partial charge in [0.05, 0.1) is 6.85 Å². The van der Waals surface area contributed by atoms with Gasteiger partial charge in [0.2, 0.25) is 0 Å². The normalized spacial score (nSPS) is 12.9. The summed E-state index contributed by atoms with van der Waals surface area (Å²) in [6, 6.07) is 47.3. The maximum atomic E-state index is 8.95. The Hall–Kier alpha value is -6.49. The van der Waals surface area contributed by atoms with Gasteiger partial charge in [0.25, 0.3) is 0 Å². The Morgan fingerprint density at radius 3 is 1.69 bits per heavy atom. The zero-order chi connectivity index (χ0) is 38.1. The van der Waals surface area contributed by atoms with Crippen LogP contribution in [0.4, 0.5) is 0 Å². The average Bonchev–Trinajstić information content (AvgIpc) is 3.64. The molecular weight excluding hydrogens is 639 g/mol.